The summed E-state index contributed by atoms with van der Waals surface area (Å²) in [7, 11) is 0. The fourth-order valence-electron chi connectivity index (χ4n) is 1.08. The zero-order valence-corrected chi connectivity index (χ0v) is 9.99. The lowest BCUT2D eigenvalue weighted by atomic mass is 10.1. The number of carbonyl (C=O) groups excluding carboxylic acids is 1. The minimum absolute atomic E-state index is 0.164. The van der Waals surface area contributed by atoms with Gasteiger partial charge in [0.2, 0.25) is 0 Å². The average Bonchev–Trinajstić information content (AvgIpc) is 2.20. The molecule has 0 rings (SSSR count). The molecule has 4 heteroatoms. The third-order valence-electron chi connectivity index (χ3n) is 1.95. The highest BCUT2D eigenvalue weighted by atomic mass is 16.6. The highest BCUT2D eigenvalue weighted by Crippen LogP contribution is 2.00. The van der Waals surface area contributed by atoms with E-state index in [1.165, 1.54) is 0 Å². The van der Waals surface area contributed by atoms with Gasteiger partial charge in [0.1, 0.15) is 12.6 Å². The van der Waals surface area contributed by atoms with Gasteiger partial charge >= 0.3 is 5.97 Å². The van der Waals surface area contributed by atoms with E-state index >= 15 is 0 Å². The van der Waals surface area contributed by atoms with E-state index in [1.54, 1.807) is 0 Å². The maximum absolute atomic E-state index is 11.3. The molecule has 0 aromatic carbocycles. The first-order chi connectivity index (χ1) is 7.07. The number of nitrogens with two attached hydrogens (primary N) is 1. The summed E-state index contributed by atoms with van der Waals surface area (Å²) in [6.07, 6.45) is 2.86. The molecular formula is C11H23NO3. The molecule has 0 fully saturated rings. The predicted octanol–water partition coefficient (Wildman–Crippen LogP) is 1.47. The van der Waals surface area contributed by atoms with Crippen molar-refractivity contribution in [3.05, 3.63) is 0 Å². The molecule has 0 saturated heterocycles. The Bertz CT molecular complexity index is 171. The summed E-state index contributed by atoms with van der Waals surface area (Å²) in [4.78, 5) is 11.3. The number of hydrogen-bond donors (Lipinski definition) is 1. The van der Waals surface area contributed by atoms with Crippen molar-refractivity contribution in [1.29, 1.82) is 0 Å². The Hall–Kier alpha value is -0.610. The highest BCUT2D eigenvalue weighted by Gasteiger charge is 2.13. The SMILES string of the molecule is CCCCC(N)C(=O)OCCOC(C)C. The molecule has 15 heavy (non-hydrogen) atoms. The van der Waals surface area contributed by atoms with Crippen LogP contribution in [0.4, 0.5) is 0 Å². The van der Waals surface area contributed by atoms with Crippen LogP contribution in [0.5, 0.6) is 0 Å². The fraction of sp³-hybridized carbons (Fsp3) is 0.909. The Balaban J connectivity index is 3.47. The minimum atomic E-state index is -0.482. The molecule has 2 N–H and O–H groups in total. The van der Waals surface area contributed by atoms with Crippen molar-refractivity contribution in [3.63, 3.8) is 0 Å². The number of unbranched alkanes of at least 4 members (excludes halogenated alkanes) is 1. The third-order valence-corrected chi connectivity index (χ3v) is 1.95. The van der Waals surface area contributed by atoms with Crippen LogP contribution in [0.1, 0.15) is 40.0 Å². The molecule has 0 heterocycles. The molecule has 0 aromatic rings. The molecule has 0 aliphatic heterocycles. The Labute approximate surface area is 92.1 Å². The minimum Gasteiger partial charge on any atom is -0.462 e. The second-order valence-electron chi connectivity index (χ2n) is 3.84. The average molecular weight is 217 g/mol. The fourth-order valence-corrected chi connectivity index (χ4v) is 1.08. The van der Waals surface area contributed by atoms with Crippen LogP contribution in [-0.4, -0.2) is 31.3 Å². The lowest BCUT2D eigenvalue weighted by Crippen LogP contribution is -2.33. The van der Waals surface area contributed by atoms with Crippen molar-refractivity contribution in [2.75, 3.05) is 13.2 Å². The topological polar surface area (TPSA) is 61.6 Å². The molecule has 0 bridgehead atoms. The second kappa shape index (κ2) is 8.68. The van der Waals surface area contributed by atoms with Gasteiger partial charge in [0.25, 0.3) is 0 Å². The van der Waals surface area contributed by atoms with Gasteiger partial charge in [-0.05, 0) is 20.3 Å². The number of carbonyl (C=O) groups is 1. The van der Waals surface area contributed by atoms with Crippen LogP contribution in [-0.2, 0) is 14.3 Å². The first-order valence-electron chi connectivity index (χ1n) is 5.61. The van der Waals surface area contributed by atoms with E-state index in [2.05, 4.69) is 6.92 Å². The van der Waals surface area contributed by atoms with E-state index in [-0.39, 0.29) is 18.7 Å². The van der Waals surface area contributed by atoms with Crippen molar-refractivity contribution in [2.45, 2.75) is 52.2 Å². The smallest absolute Gasteiger partial charge is 0.322 e. The lowest BCUT2D eigenvalue weighted by Gasteiger charge is -2.12. The van der Waals surface area contributed by atoms with Crippen LogP contribution in [0.2, 0.25) is 0 Å². The number of esters is 1. The van der Waals surface area contributed by atoms with Crippen LogP contribution in [0.15, 0.2) is 0 Å². The van der Waals surface area contributed by atoms with Gasteiger partial charge in [-0.15, -0.1) is 0 Å². The van der Waals surface area contributed by atoms with Crippen LogP contribution >= 0.6 is 0 Å². The first kappa shape index (κ1) is 14.4. The summed E-state index contributed by atoms with van der Waals surface area (Å²) in [5.41, 5.74) is 5.63. The predicted molar refractivity (Wildman–Crippen MR) is 59.5 cm³/mol. The molecule has 4 nitrogen and oxygen atoms in total. The summed E-state index contributed by atoms with van der Waals surface area (Å²) < 4.78 is 10.2. The standard InChI is InChI=1S/C11H23NO3/c1-4-5-6-10(12)11(13)15-8-7-14-9(2)3/h9-10H,4-8,12H2,1-3H3. The summed E-state index contributed by atoms with van der Waals surface area (Å²) in [5, 5.41) is 0. The lowest BCUT2D eigenvalue weighted by molar-refractivity contribution is -0.147. The summed E-state index contributed by atoms with van der Waals surface area (Å²) >= 11 is 0. The van der Waals surface area contributed by atoms with E-state index in [4.69, 9.17) is 15.2 Å². The van der Waals surface area contributed by atoms with Gasteiger partial charge in [-0.3, -0.25) is 4.79 Å². The van der Waals surface area contributed by atoms with E-state index < -0.39 is 6.04 Å². The van der Waals surface area contributed by atoms with Crippen molar-refractivity contribution in [1.82, 2.24) is 0 Å². The van der Waals surface area contributed by atoms with Gasteiger partial charge in [0.05, 0.1) is 12.7 Å². The quantitative estimate of drug-likeness (QED) is 0.494. The van der Waals surface area contributed by atoms with E-state index in [1.807, 2.05) is 13.8 Å². The molecule has 0 saturated carbocycles. The number of rotatable bonds is 8. The summed E-state index contributed by atoms with van der Waals surface area (Å²) in [6.45, 7) is 6.67. The first-order valence-corrected chi connectivity index (χ1v) is 5.61. The third kappa shape index (κ3) is 8.39. The van der Waals surface area contributed by atoms with Crippen LogP contribution in [0.25, 0.3) is 0 Å². The van der Waals surface area contributed by atoms with Gasteiger partial charge < -0.3 is 15.2 Å². The normalized spacial score (nSPS) is 12.9. The number of ether oxygens (including phenoxy) is 2. The van der Waals surface area contributed by atoms with Crippen molar-refractivity contribution < 1.29 is 14.3 Å². The Morgan fingerprint density at radius 1 is 1.33 bits per heavy atom. The molecule has 0 aliphatic rings. The van der Waals surface area contributed by atoms with Crippen molar-refractivity contribution >= 4 is 5.97 Å². The van der Waals surface area contributed by atoms with Gasteiger partial charge in [-0.2, -0.15) is 0 Å². The van der Waals surface area contributed by atoms with Crippen LogP contribution < -0.4 is 5.73 Å². The molecular weight excluding hydrogens is 194 g/mol. The van der Waals surface area contributed by atoms with E-state index in [0.29, 0.717) is 13.0 Å². The van der Waals surface area contributed by atoms with Crippen LogP contribution in [0, 0.1) is 0 Å². The number of hydrogen-bond acceptors (Lipinski definition) is 4. The van der Waals surface area contributed by atoms with Crippen molar-refractivity contribution in [2.24, 2.45) is 5.73 Å². The summed E-state index contributed by atoms with van der Waals surface area (Å²) in [6, 6.07) is -0.482. The Morgan fingerprint density at radius 2 is 2.00 bits per heavy atom. The van der Waals surface area contributed by atoms with Crippen molar-refractivity contribution in [3.8, 4) is 0 Å². The second-order valence-corrected chi connectivity index (χ2v) is 3.84. The van der Waals surface area contributed by atoms with Gasteiger partial charge in [0, 0.05) is 0 Å². The maximum Gasteiger partial charge on any atom is 0.322 e. The zero-order valence-electron chi connectivity index (χ0n) is 9.99. The van der Waals surface area contributed by atoms with E-state index in [0.717, 1.165) is 12.8 Å². The largest absolute Gasteiger partial charge is 0.462 e. The van der Waals surface area contributed by atoms with Gasteiger partial charge in [-0.1, -0.05) is 19.8 Å². The highest BCUT2D eigenvalue weighted by molar-refractivity contribution is 5.75. The molecule has 0 amide bonds. The molecule has 0 aliphatic carbocycles. The van der Waals surface area contributed by atoms with Gasteiger partial charge in [0.15, 0.2) is 0 Å². The molecule has 90 valence electrons. The maximum atomic E-state index is 11.3. The summed E-state index contributed by atoms with van der Waals surface area (Å²) in [5.74, 6) is -0.323. The Kier molecular flexibility index (Phi) is 8.33. The monoisotopic (exact) mass is 217 g/mol. The van der Waals surface area contributed by atoms with Gasteiger partial charge in [-0.25, -0.2) is 0 Å². The molecule has 0 radical (unpaired) electrons. The molecule has 1 atom stereocenters. The zero-order chi connectivity index (χ0) is 11.7. The van der Waals surface area contributed by atoms with E-state index in [9.17, 15) is 4.79 Å². The molecule has 1 unspecified atom stereocenters. The molecule has 0 aromatic heterocycles. The molecule has 0 spiro atoms. The van der Waals surface area contributed by atoms with Crippen LogP contribution in [0.3, 0.4) is 0 Å². The Morgan fingerprint density at radius 3 is 2.53 bits per heavy atom.